The molecule has 1 aliphatic heterocycles. The summed E-state index contributed by atoms with van der Waals surface area (Å²) >= 11 is 14.5. The number of para-hydroxylation sites is 1. The molecule has 0 aromatic heterocycles. The second-order valence-corrected chi connectivity index (χ2v) is 11.3. The van der Waals surface area contributed by atoms with Gasteiger partial charge in [-0.05, 0) is 55.5 Å². The van der Waals surface area contributed by atoms with E-state index in [0.717, 1.165) is 15.5 Å². The first-order chi connectivity index (χ1) is 18.8. The van der Waals surface area contributed by atoms with Crippen molar-refractivity contribution in [3.8, 4) is 5.75 Å². The minimum atomic E-state index is -0.946. The molecule has 2 N–H and O–H groups in total. The maximum atomic E-state index is 12.8. The van der Waals surface area contributed by atoms with Crippen molar-refractivity contribution in [3.05, 3.63) is 70.2 Å². The molecule has 4 rings (SSSR count). The van der Waals surface area contributed by atoms with Crippen LogP contribution in [0.2, 0.25) is 10.0 Å². The second-order valence-electron chi connectivity index (χ2n) is 9.47. The van der Waals surface area contributed by atoms with Gasteiger partial charge in [-0.25, -0.2) is 0 Å². The summed E-state index contributed by atoms with van der Waals surface area (Å²) < 4.78 is 5.41. The summed E-state index contributed by atoms with van der Waals surface area (Å²) in [6, 6.07) is 11.2. The Balaban J connectivity index is 1.31. The highest BCUT2D eigenvalue weighted by Gasteiger charge is 2.35. The number of piperidine rings is 1. The van der Waals surface area contributed by atoms with Gasteiger partial charge in [0, 0.05) is 30.1 Å². The zero-order chi connectivity index (χ0) is 27.9. The van der Waals surface area contributed by atoms with E-state index in [0.29, 0.717) is 54.4 Å². The molecule has 206 valence electrons. The first kappa shape index (κ1) is 29.1. The minimum Gasteiger partial charge on any atom is -0.496 e. The molecule has 2 aromatic carbocycles. The average Bonchev–Trinajstić information content (AvgIpc) is 2.95. The number of carbonyl (C=O) groups is 3. The van der Waals surface area contributed by atoms with Crippen LogP contribution in [0.3, 0.4) is 0 Å². The maximum Gasteiger partial charge on any atom is 0.307 e. The smallest absolute Gasteiger partial charge is 0.307 e. The molecule has 0 saturated carbocycles. The summed E-state index contributed by atoms with van der Waals surface area (Å²) in [5.74, 6) is -1.85. The molecule has 2 aliphatic rings. The van der Waals surface area contributed by atoms with Gasteiger partial charge < -0.3 is 20.1 Å². The van der Waals surface area contributed by atoms with Crippen molar-refractivity contribution < 1.29 is 24.2 Å². The first-order valence-electron chi connectivity index (χ1n) is 12.7. The SMILES string of the molecule is COc1ccccc1Sc1ccc(/C=C/C(=O)N2CCC(NC(=O)C3CC=CCC3C(=O)O)CC2)c(Cl)c1Cl. The summed E-state index contributed by atoms with van der Waals surface area (Å²) in [6.07, 6.45) is 8.82. The van der Waals surface area contributed by atoms with E-state index in [9.17, 15) is 19.5 Å². The van der Waals surface area contributed by atoms with E-state index in [1.807, 2.05) is 48.6 Å². The maximum absolute atomic E-state index is 12.8. The molecule has 10 heteroatoms. The number of hydrogen-bond donors (Lipinski definition) is 2. The summed E-state index contributed by atoms with van der Waals surface area (Å²) in [7, 11) is 1.61. The Morgan fingerprint density at radius 2 is 1.69 bits per heavy atom. The molecule has 2 unspecified atom stereocenters. The number of nitrogens with zero attached hydrogens (tertiary/aromatic N) is 1. The highest BCUT2D eigenvalue weighted by molar-refractivity contribution is 7.99. The number of benzene rings is 2. The Bertz CT molecular complexity index is 1290. The van der Waals surface area contributed by atoms with Gasteiger partial charge in [-0.2, -0.15) is 0 Å². The van der Waals surface area contributed by atoms with Gasteiger partial charge in [-0.1, -0.05) is 65.3 Å². The van der Waals surface area contributed by atoms with Gasteiger partial charge in [0.2, 0.25) is 11.8 Å². The number of aliphatic carboxylic acids is 1. The minimum absolute atomic E-state index is 0.0904. The quantitative estimate of drug-likeness (QED) is 0.292. The second kappa shape index (κ2) is 13.4. The van der Waals surface area contributed by atoms with Crippen LogP contribution in [0.25, 0.3) is 6.08 Å². The lowest BCUT2D eigenvalue weighted by atomic mass is 9.82. The van der Waals surface area contributed by atoms with Gasteiger partial charge in [-0.15, -0.1) is 0 Å². The predicted molar refractivity (Wildman–Crippen MR) is 153 cm³/mol. The van der Waals surface area contributed by atoms with Crippen molar-refractivity contribution in [1.29, 1.82) is 0 Å². The van der Waals surface area contributed by atoms with Crippen LogP contribution < -0.4 is 10.1 Å². The van der Waals surface area contributed by atoms with E-state index in [1.54, 1.807) is 18.1 Å². The summed E-state index contributed by atoms with van der Waals surface area (Å²) in [5, 5.41) is 13.2. The third-order valence-corrected chi connectivity index (χ3v) is 9.14. The lowest BCUT2D eigenvalue weighted by molar-refractivity contribution is -0.147. The van der Waals surface area contributed by atoms with Gasteiger partial charge in [0.25, 0.3) is 0 Å². The molecular weight excluding hydrogens is 559 g/mol. The standard InChI is InChI=1S/C29H30Cl2N2O5S/c1-38-22-8-4-5-9-23(22)39-24-12-10-18(26(30)27(24)31)11-13-25(34)33-16-14-19(15-17-33)32-28(35)20-6-2-3-7-21(20)29(36)37/h2-5,8-13,19-21H,6-7,14-17H2,1H3,(H,32,35)(H,36,37)/b13-11+. The van der Waals surface area contributed by atoms with Crippen LogP contribution in [0.15, 0.2) is 64.4 Å². The van der Waals surface area contributed by atoms with Crippen LogP contribution in [-0.2, 0) is 14.4 Å². The number of carbonyl (C=O) groups excluding carboxylic acids is 2. The van der Waals surface area contributed by atoms with E-state index in [-0.39, 0.29) is 17.9 Å². The van der Waals surface area contributed by atoms with Crippen LogP contribution in [0, 0.1) is 11.8 Å². The molecule has 2 aromatic rings. The largest absolute Gasteiger partial charge is 0.496 e. The molecule has 1 saturated heterocycles. The van der Waals surface area contributed by atoms with Gasteiger partial charge in [0.15, 0.2) is 0 Å². The Morgan fingerprint density at radius 3 is 2.38 bits per heavy atom. The van der Waals surface area contributed by atoms with Crippen molar-refractivity contribution in [2.75, 3.05) is 20.2 Å². The monoisotopic (exact) mass is 588 g/mol. The number of halogens is 2. The van der Waals surface area contributed by atoms with Crippen molar-refractivity contribution in [2.24, 2.45) is 11.8 Å². The molecule has 2 amide bonds. The summed E-state index contributed by atoms with van der Waals surface area (Å²) in [5.41, 5.74) is 0.635. The molecule has 1 fully saturated rings. The van der Waals surface area contributed by atoms with Crippen LogP contribution in [-0.4, -0.2) is 54.0 Å². The molecule has 0 radical (unpaired) electrons. The summed E-state index contributed by atoms with van der Waals surface area (Å²) in [6.45, 7) is 0.980. The molecule has 39 heavy (non-hydrogen) atoms. The van der Waals surface area contributed by atoms with Crippen LogP contribution >= 0.6 is 35.0 Å². The number of hydrogen-bond acceptors (Lipinski definition) is 5. The van der Waals surface area contributed by atoms with E-state index in [4.69, 9.17) is 27.9 Å². The van der Waals surface area contributed by atoms with Crippen molar-refractivity contribution in [1.82, 2.24) is 10.2 Å². The zero-order valence-corrected chi connectivity index (χ0v) is 23.8. The Labute approximate surface area is 242 Å². The highest BCUT2D eigenvalue weighted by atomic mass is 35.5. The van der Waals surface area contributed by atoms with Crippen molar-refractivity contribution in [2.45, 2.75) is 41.5 Å². The molecule has 2 atom stereocenters. The number of ether oxygens (including phenoxy) is 1. The van der Waals surface area contributed by atoms with Gasteiger partial charge in [0.05, 0.1) is 33.9 Å². The highest BCUT2D eigenvalue weighted by Crippen LogP contribution is 2.42. The van der Waals surface area contributed by atoms with Crippen LogP contribution in [0.5, 0.6) is 5.75 Å². The Kier molecular flexibility index (Phi) is 9.99. The van der Waals surface area contributed by atoms with Crippen molar-refractivity contribution in [3.63, 3.8) is 0 Å². The third kappa shape index (κ3) is 7.18. The van der Waals surface area contributed by atoms with Gasteiger partial charge >= 0.3 is 5.97 Å². The molecule has 1 heterocycles. The predicted octanol–water partition coefficient (Wildman–Crippen LogP) is 5.94. The Morgan fingerprint density at radius 1 is 1.00 bits per heavy atom. The number of nitrogens with one attached hydrogen (secondary N) is 1. The molecule has 0 bridgehead atoms. The first-order valence-corrected chi connectivity index (χ1v) is 14.3. The van der Waals surface area contributed by atoms with Crippen LogP contribution in [0.1, 0.15) is 31.2 Å². The third-order valence-electron chi connectivity index (χ3n) is 7.01. The normalized spacial score (nSPS) is 19.7. The lowest BCUT2D eigenvalue weighted by Crippen LogP contribution is -2.49. The van der Waals surface area contributed by atoms with E-state index in [2.05, 4.69) is 5.32 Å². The number of likely N-dealkylation sites (tertiary alicyclic amines) is 1. The molecule has 1 aliphatic carbocycles. The fraction of sp³-hybridized carbons (Fsp3) is 0.345. The van der Waals surface area contributed by atoms with Gasteiger partial charge in [-0.3, -0.25) is 14.4 Å². The molecule has 7 nitrogen and oxygen atoms in total. The number of allylic oxidation sites excluding steroid dienone is 2. The Hall–Kier alpha value is -2.94. The number of methoxy groups -OCH3 is 1. The van der Waals surface area contributed by atoms with Crippen LogP contribution in [0.4, 0.5) is 0 Å². The zero-order valence-electron chi connectivity index (χ0n) is 21.4. The lowest BCUT2D eigenvalue weighted by Gasteiger charge is -2.33. The fourth-order valence-corrected chi connectivity index (χ4v) is 6.31. The molecular formula is C29H30Cl2N2O5S. The number of amides is 2. The van der Waals surface area contributed by atoms with E-state index < -0.39 is 17.8 Å². The molecule has 0 spiro atoms. The van der Waals surface area contributed by atoms with E-state index in [1.165, 1.54) is 17.8 Å². The number of rotatable bonds is 8. The topological polar surface area (TPSA) is 95.9 Å². The number of carboxylic acids is 1. The van der Waals surface area contributed by atoms with Gasteiger partial charge in [0.1, 0.15) is 5.75 Å². The summed E-state index contributed by atoms with van der Waals surface area (Å²) in [4.78, 5) is 40.5. The van der Waals surface area contributed by atoms with Crippen molar-refractivity contribution >= 4 is 58.8 Å². The number of carboxylic acid groups (broad SMARTS) is 1. The fourth-order valence-electron chi connectivity index (χ4n) is 4.77. The average molecular weight is 590 g/mol. The van der Waals surface area contributed by atoms with E-state index >= 15 is 0 Å².